The summed E-state index contributed by atoms with van der Waals surface area (Å²) in [4.78, 5) is 52.5. The zero-order valence-corrected chi connectivity index (χ0v) is 21.0. The van der Waals surface area contributed by atoms with Crippen LogP contribution in [0.25, 0.3) is 0 Å². The Balaban J connectivity index is 1.61. The quantitative estimate of drug-likeness (QED) is 0.330. The number of amides is 4. The van der Waals surface area contributed by atoms with E-state index < -0.39 is 53.4 Å². The van der Waals surface area contributed by atoms with E-state index in [0.29, 0.717) is 13.0 Å². The zero-order chi connectivity index (χ0) is 28.0. The maximum Gasteiger partial charge on any atom is 0.471 e. The van der Waals surface area contributed by atoms with Crippen LogP contribution in [-0.2, 0) is 19.2 Å². The third kappa shape index (κ3) is 4.96. The van der Waals surface area contributed by atoms with Gasteiger partial charge in [0.15, 0.2) is 0 Å². The second-order valence-electron chi connectivity index (χ2n) is 11.1. The molecular formula is C26H30F3N5O4. The molecule has 38 heavy (non-hydrogen) atoms. The number of carbonyl (C=O) groups excluding carboxylic acids is 4. The molecule has 0 aromatic rings. The number of allylic oxidation sites excluding steroid dienone is 2. The normalized spacial score (nSPS) is 31.1. The molecule has 0 spiro atoms. The van der Waals surface area contributed by atoms with Crippen LogP contribution >= 0.6 is 0 Å². The van der Waals surface area contributed by atoms with E-state index in [1.807, 2.05) is 18.2 Å². The van der Waals surface area contributed by atoms with E-state index in [0.717, 1.165) is 6.42 Å². The topological polar surface area (TPSA) is 131 Å². The smallest absolute Gasteiger partial charge is 0.356 e. The molecule has 204 valence electrons. The summed E-state index contributed by atoms with van der Waals surface area (Å²) in [5, 5.41) is 16.8. The number of terminal acetylenes is 1. The van der Waals surface area contributed by atoms with Crippen LogP contribution in [0.5, 0.6) is 0 Å². The number of halogens is 3. The van der Waals surface area contributed by atoms with Gasteiger partial charge >= 0.3 is 12.1 Å². The number of likely N-dealkylation sites (tertiary alicyclic amines) is 1. The van der Waals surface area contributed by atoms with Crippen molar-refractivity contribution >= 4 is 23.6 Å². The maximum atomic E-state index is 13.8. The Bertz CT molecular complexity index is 1140. The minimum Gasteiger partial charge on any atom is -0.356 e. The predicted octanol–water partition coefficient (Wildman–Crippen LogP) is 0.877. The van der Waals surface area contributed by atoms with Gasteiger partial charge < -0.3 is 20.9 Å². The fourth-order valence-electron chi connectivity index (χ4n) is 6.35. The van der Waals surface area contributed by atoms with Crippen molar-refractivity contribution in [3.63, 3.8) is 0 Å². The molecule has 12 heteroatoms. The van der Waals surface area contributed by atoms with Crippen molar-refractivity contribution in [2.75, 3.05) is 13.1 Å². The summed E-state index contributed by atoms with van der Waals surface area (Å²) in [6.45, 7) is 3.31. The highest BCUT2D eigenvalue weighted by Gasteiger charge is 2.59. The molecule has 4 aliphatic rings. The van der Waals surface area contributed by atoms with Crippen molar-refractivity contribution in [1.29, 1.82) is 5.26 Å². The van der Waals surface area contributed by atoms with Crippen LogP contribution in [0.15, 0.2) is 12.2 Å². The Morgan fingerprint density at radius 1 is 1.24 bits per heavy atom. The lowest BCUT2D eigenvalue weighted by atomic mass is 9.81. The molecule has 2 aliphatic carbocycles. The number of nitriles is 1. The van der Waals surface area contributed by atoms with Crippen molar-refractivity contribution in [1.82, 2.24) is 20.9 Å². The standard InChI is InChI=1S/C26H30F3N5O4/c1-4-25(2,3)20(33-24(38)26(27,28)29)23(37)34-12-17-13-5-6-14(9-13)18(17)19(34)22(36)32-16(11-30)10-15-7-8-31-21(15)35/h1,5-6,13-20H,7-10,12H2,2-3H3,(H,31,35)(H,32,36)(H,33,38). The minimum atomic E-state index is -5.24. The SMILES string of the molecule is C#CC(C)(C)C(NC(=O)C(F)(F)F)C(=O)N1CC2C3C=CC(C3)C2C1C(=O)NC(C#N)CC1CCNC1=O. The third-order valence-electron chi connectivity index (χ3n) is 8.38. The number of nitrogens with one attached hydrogen (secondary N) is 3. The third-order valence-corrected chi connectivity index (χ3v) is 8.38. The highest BCUT2D eigenvalue weighted by atomic mass is 19.4. The lowest BCUT2D eigenvalue weighted by molar-refractivity contribution is -0.176. The summed E-state index contributed by atoms with van der Waals surface area (Å²) in [5.41, 5.74) is -1.50. The largest absolute Gasteiger partial charge is 0.471 e. The Kier molecular flexibility index (Phi) is 7.21. The number of carbonyl (C=O) groups is 4. The van der Waals surface area contributed by atoms with Crippen molar-refractivity contribution in [3.05, 3.63) is 12.2 Å². The molecular weight excluding hydrogens is 503 g/mol. The van der Waals surface area contributed by atoms with Gasteiger partial charge in [0.1, 0.15) is 18.1 Å². The van der Waals surface area contributed by atoms with E-state index in [-0.39, 0.29) is 42.5 Å². The molecule has 2 bridgehead atoms. The summed E-state index contributed by atoms with van der Waals surface area (Å²) >= 11 is 0. The van der Waals surface area contributed by atoms with E-state index in [4.69, 9.17) is 6.42 Å². The van der Waals surface area contributed by atoms with Gasteiger partial charge in [0.25, 0.3) is 0 Å². The van der Waals surface area contributed by atoms with Gasteiger partial charge in [0.2, 0.25) is 17.7 Å². The van der Waals surface area contributed by atoms with Crippen molar-refractivity contribution in [2.24, 2.45) is 35.0 Å². The summed E-state index contributed by atoms with van der Waals surface area (Å²) in [7, 11) is 0. The number of hydrogen-bond acceptors (Lipinski definition) is 5. The average Bonchev–Trinajstić information content (AvgIpc) is 3.63. The molecule has 2 heterocycles. The van der Waals surface area contributed by atoms with Crippen LogP contribution in [0.3, 0.4) is 0 Å². The minimum absolute atomic E-state index is 0.0106. The van der Waals surface area contributed by atoms with Gasteiger partial charge in [-0.25, -0.2) is 0 Å². The lowest BCUT2D eigenvalue weighted by Gasteiger charge is -2.36. The first-order valence-corrected chi connectivity index (χ1v) is 12.6. The second kappa shape index (κ2) is 9.97. The zero-order valence-electron chi connectivity index (χ0n) is 21.0. The maximum absolute atomic E-state index is 13.8. The van der Waals surface area contributed by atoms with Crippen LogP contribution in [0.2, 0.25) is 0 Å². The summed E-state index contributed by atoms with van der Waals surface area (Å²) in [6.07, 6.45) is 5.74. The first-order valence-electron chi connectivity index (χ1n) is 12.6. The molecule has 2 saturated heterocycles. The number of rotatable bonds is 7. The average molecular weight is 534 g/mol. The molecule has 4 amide bonds. The van der Waals surface area contributed by atoms with Crippen LogP contribution in [0.4, 0.5) is 13.2 Å². The molecule has 0 aromatic heterocycles. The lowest BCUT2D eigenvalue weighted by Crippen LogP contribution is -2.61. The number of alkyl halides is 3. The molecule has 4 rings (SSSR count). The molecule has 9 nitrogen and oxygen atoms in total. The van der Waals surface area contributed by atoms with Crippen LogP contribution < -0.4 is 16.0 Å². The Hall–Kier alpha value is -3.54. The van der Waals surface area contributed by atoms with Gasteiger partial charge in [-0.1, -0.05) is 18.1 Å². The van der Waals surface area contributed by atoms with Crippen LogP contribution in [-0.4, -0.2) is 65.9 Å². The Labute approximate surface area is 218 Å². The molecule has 0 radical (unpaired) electrons. The van der Waals surface area contributed by atoms with Crippen molar-refractivity contribution in [2.45, 2.75) is 57.4 Å². The monoisotopic (exact) mass is 533 g/mol. The summed E-state index contributed by atoms with van der Waals surface area (Å²) in [5.74, 6) is -2.44. The molecule has 8 unspecified atom stereocenters. The molecule has 3 N–H and O–H groups in total. The van der Waals surface area contributed by atoms with Gasteiger partial charge in [-0.2, -0.15) is 18.4 Å². The second-order valence-corrected chi connectivity index (χ2v) is 11.1. The van der Waals surface area contributed by atoms with Crippen LogP contribution in [0, 0.1) is 58.7 Å². The van der Waals surface area contributed by atoms with Crippen molar-refractivity contribution in [3.8, 4) is 18.4 Å². The Morgan fingerprint density at radius 2 is 1.92 bits per heavy atom. The number of hydrogen-bond donors (Lipinski definition) is 3. The molecule has 1 saturated carbocycles. The van der Waals surface area contributed by atoms with E-state index in [1.165, 1.54) is 18.7 Å². The van der Waals surface area contributed by atoms with E-state index in [2.05, 4.69) is 16.6 Å². The van der Waals surface area contributed by atoms with Gasteiger partial charge in [-0.05, 0) is 56.8 Å². The van der Waals surface area contributed by atoms with E-state index in [9.17, 15) is 37.6 Å². The van der Waals surface area contributed by atoms with Gasteiger partial charge in [0, 0.05) is 19.0 Å². The number of nitrogens with zero attached hydrogens (tertiary/aromatic N) is 2. The predicted molar refractivity (Wildman–Crippen MR) is 127 cm³/mol. The van der Waals surface area contributed by atoms with E-state index >= 15 is 0 Å². The molecule has 2 aliphatic heterocycles. The van der Waals surface area contributed by atoms with Crippen molar-refractivity contribution < 1.29 is 32.3 Å². The van der Waals surface area contributed by atoms with Gasteiger partial charge in [-0.3, -0.25) is 19.2 Å². The van der Waals surface area contributed by atoms with E-state index in [1.54, 1.807) is 5.32 Å². The summed E-state index contributed by atoms with van der Waals surface area (Å²) in [6, 6.07) is -1.80. The first kappa shape index (κ1) is 27.5. The summed E-state index contributed by atoms with van der Waals surface area (Å²) < 4.78 is 39.3. The molecule has 0 aromatic carbocycles. The van der Waals surface area contributed by atoms with Crippen LogP contribution in [0.1, 0.15) is 33.1 Å². The fraction of sp³-hybridized carbons (Fsp3) is 0.654. The highest BCUT2D eigenvalue weighted by molar-refractivity contribution is 5.95. The van der Waals surface area contributed by atoms with Gasteiger partial charge in [0.05, 0.1) is 11.5 Å². The first-order chi connectivity index (χ1) is 17.8. The fourth-order valence-corrected chi connectivity index (χ4v) is 6.35. The van der Waals surface area contributed by atoms with Gasteiger partial charge in [-0.15, -0.1) is 6.42 Å². The molecule has 8 atom stereocenters. The highest BCUT2D eigenvalue weighted by Crippen LogP contribution is 2.54. The number of fused-ring (bicyclic) bond motifs is 5. The molecule has 3 fully saturated rings. The Morgan fingerprint density at radius 3 is 2.50 bits per heavy atom.